The molecule has 0 fully saturated rings. The number of hydrogen-bond acceptors (Lipinski definition) is 4. The SMILES string of the molecule is N#Cc1ccc(CN2C=NCC2C=O)cc1. The Morgan fingerprint density at radius 2 is 2.25 bits per heavy atom. The molecule has 1 aromatic carbocycles. The number of aliphatic imine (C=N–C) groups is 1. The molecular formula is C12H11N3O. The van der Waals surface area contributed by atoms with E-state index >= 15 is 0 Å². The standard InChI is InChI=1S/C12H11N3O/c13-5-10-1-3-11(4-2-10)7-15-9-14-6-12(15)8-16/h1-4,8-9,12H,6-7H2. The Labute approximate surface area is 93.8 Å². The minimum atomic E-state index is -0.143. The van der Waals surface area contributed by atoms with Gasteiger partial charge in [-0.15, -0.1) is 0 Å². The first-order valence-electron chi connectivity index (χ1n) is 5.03. The van der Waals surface area contributed by atoms with Crippen LogP contribution in [-0.2, 0) is 11.3 Å². The van der Waals surface area contributed by atoms with Crippen molar-refractivity contribution in [2.24, 2.45) is 4.99 Å². The van der Waals surface area contributed by atoms with Gasteiger partial charge in [-0.1, -0.05) is 12.1 Å². The van der Waals surface area contributed by atoms with Crippen LogP contribution in [-0.4, -0.2) is 30.1 Å². The predicted octanol–water partition coefficient (Wildman–Crippen LogP) is 0.970. The molecule has 2 rings (SSSR count). The molecule has 0 aliphatic carbocycles. The molecule has 1 aliphatic rings. The summed E-state index contributed by atoms with van der Waals surface area (Å²) in [5.74, 6) is 0. The van der Waals surface area contributed by atoms with Gasteiger partial charge in [-0.05, 0) is 17.7 Å². The summed E-state index contributed by atoms with van der Waals surface area (Å²) in [5, 5.41) is 8.66. The van der Waals surface area contributed by atoms with Crippen molar-refractivity contribution in [3.05, 3.63) is 35.4 Å². The largest absolute Gasteiger partial charge is 0.347 e. The van der Waals surface area contributed by atoms with Crippen LogP contribution in [0.15, 0.2) is 29.3 Å². The second-order valence-corrected chi connectivity index (χ2v) is 3.67. The lowest BCUT2D eigenvalue weighted by atomic mass is 10.1. The molecule has 1 aromatic rings. The molecular weight excluding hydrogens is 202 g/mol. The Morgan fingerprint density at radius 3 is 2.88 bits per heavy atom. The zero-order valence-corrected chi connectivity index (χ0v) is 8.71. The summed E-state index contributed by atoms with van der Waals surface area (Å²) in [7, 11) is 0. The number of benzene rings is 1. The van der Waals surface area contributed by atoms with Gasteiger partial charge in [0.25, 0.3) is 0 Å². The fourth-order valence-corrected chi connectivity index (χ4v) is 1.63. The highest BCUT2D eigenvalue weighted by atomic mass is 16.1. The summed E-state index contributed by atoms with van der Waals surface area (Å²) in [4.78, 5) is 16.7. The quantitative estimate of drug-likeness (QED) is 0.703. The highest BCUT2D eigenvalue weighted by Gasteiger charge is 2.19. The maximum atomic E-state index is 10.7. The van der Waals surface area contributed by atoms with E-state index in [1.54, 1.807) is 18.5 Å². The topological polar surface area (TPSA) is 56.5 Å². The first-order valence-corrected chi connectivity index (χ1v) is 5.03. The number of carbonyl (C=O) groups excluding carboxylic acids is 1. The van der Waals surface area contributed by atoms with Crippen molar-refractivity contribution in [1.29, 1.82) is 5.26 Å². The van der Waals surface area contributed by atoms with Gasteiger partial charge >= 0.3 is 0 Å². The zero-order valence-electron chi connectivity index (χ0n) is 8.71. The molecule has 0 N–H and O–H groups in total. The fraction of sp³-hybridized carbons (Fsp3) is 0.250. The Balaban J connectivity index is 2.06. The molecule has 1 unspecified atom stereocenters. The van der Waals surface area contributed by atoms with Crippen LogP contribution in [0, 0.1) is 11.3 Å². The van der Waals surface area contributed by atoms with Crippen LogP contribution in [0.4, 0.5) is 0 Å². The van der Waals surface area contributed by atoms with Crippen molar-refractivity contribution in [2.75, 3.05) is 6.54 Å². The van der Waals surface area contributed by atoms with Crippen LogP contribution < -0.4 is 0 Å². The van der Waals surface area contributed by atoms with E-state index in [0.717, 1.165) is 11.8 Å². The highest BCUT2D eigenvalue weighted by molar-refractivity contribution is 5.70. The van der Waals surface area contributed by atoms with Gasteiger partial charge in [0.2, 0.25) is 0 Å². The number of nitriles is 1. The Hall–Kier alpha value is -2.15. The van der Waals surface area contributed by atoms with E-state index in [9.17, 15) is 4.79 Å². The Kier molecular flexibility index (Phi) is 2.97. The first-order chi connectivity index (χ1) is 7.83. The molecule has 0 spiro atoms. The maximum absolute atomic E-state index is 10.7. The second-order valence-electron chi connectivity index (χ2n) is 3.67. The number of carbonyl (C=O) groups is 1. The van der Waals surface area contributed by atoms with E-state index in [1.807, 2.05) is 17.0 Å². The molecule has 4 nitrogen and oxygen atoms in total. The third-order valence-corrected chi connectivity index (χ3v) is 2.55. The van der Waals surface area contributed by atoms with Gasteiger partial charge in [0, 0.05) is 6.54 Å². The molecule has 4 heteroatoms. The van der Waals surface area contributed by atoms with Crippen molar-refractivity contribution in [3.8, 4) is 6.07 Å². The molecule has 1 heterocycles. The average Bonchev–Trinajstić information content (AvgIpc) is 2.77. The minimum Gasteiger partial charge on any atom is -0.347 e. The number of aldehydes is 1. The van der Waals surface area contributed by atoms with E-state index in [4.69, 9.17) is 5.26 Å². The predicted molar refractivity (Wildman–Crippen MR) is 59.9 cm³/mol. The summed E-state index contributed by atoms with van der Waals surface area (Å²) in [6.45, 7) is 1.19. The molecule has 0 saturated heterocycles. The third-order valence-electron chi connectivity index (χ3n) is 2.55. The molecule has 0 bridgehead atoms. The Morgan fingerprint density at radius 1 is 1.50 bits per heavy atom. The van der Waals surface area contributed by atoms with Gasteiger partial charge in [-0.25, -0.2) is 0 Å². The van der Waals surface area contributed by atoms with E-state index in [0.29, 0.717) is 18.7 Å². The van der Waals surface area contributed by atoms with Crippen molar-refractivity contribution in [2.45, 2.75) is 12.6 Å². The van der Waals surface area contributed by atoms with Crippen molar-refractivity contribution in [1.82, 2.24) is 4.90 Å². The molecule has 0 saturated carbocycles. The molecule has 0 radical (unpaired) electrons. The summed E-state index contributed by atoms with van der Waals surface area (Å²) < 4.78 is 0. The van der Waals surface area contributed by atoms with Crippen LogP contribution in [0.25, 0.3) is 0 Å². The van der Waals surface area contributed by atoms with Gasteiger partial charge in [0.05, 0.1) is 24.5 Å². The molecule has 1 atom stereocenters. The second kappa shape index (κ2) is 4.58. The molecule has 0 aromatic heterocycles. The first kappa shape index (κ1) is 10.4. The lowest BCUT2D eigenvalue weighted by Crippen LogP contribution is -2.32. The van der Waals surface area contributed by atoms with E-state index < -0.39 is 0 Å². The van der Waals surface area contributed by atoms with Crippen LogP contribution in [0.1, 0.15) is 11.1 Å². The number of nitrogens with zero attached hydrogens (tertiary/aromatic N) is 3. The molecule has 1 aliphatic heterocycles. The van der Waals surface area contributed by atoms with Crippen molar-refractivity contribution in [3.63, 3.8) is 0 Å². The van der Waals surface area contributed by atoms with Gasteiger partial charge < -0.3 is 9.69 Å². The van der Waals surface area contributed by atoms with E-state index in [1.165, 1.54) is 0 Å². The van der Waals surface area contributed by atoms with Crippen LogP contribution in [0.5, 0.6) is 0 Å². The number of hydrogen-bond donors (Lipinski definition) is 0. The average molecular weight is 213 g/mol. The van der Waals surface area contributed by atoms with Crippen LogP contribution in [0.3, 0.4) is 0 Å². The smallest absolute Gasteiger partial charge is 0.144 e. The van der Waals surface area contributed by atoms with Crippen molar-refractivity contribution >= 4 is 12.6 Å². The minimum absolute atomic E-state index is 0.143. The lowest BCUT2D eigenvalue weighted by Gasteiger charge is -2.19. The van der Waals surface area contributed by atoms with Gasteiger partial charge in [-0.3, -0.25) is 4.99 Å². The normalized spacial score (nSPS) is 18.4. The summed E-state index contributed by atoms with van der Waals surface area (Å²) in [6.07, 6.45) is 2.62. The maximum Gasteiger partial charge on any atom is 0.144 e. The lowest BCUT2D eigenvalue weighted by molar-refractivity contribution is -0.110. The van der Waals surface area contributed by atoms with E-state index in [-0.39, 0.29) is 6.04 Å². The summed E-state index contributed by atoms with van der Waals surface area (Å²) in [6, 6.07) is 9.27. The van der Waals surface area contributed by atoms with Gasteiger partial charge in [-0.2, -0.15) is 5.26 Å². The number of rotatable bonds is 3. The van der Waals surface area contributed by atoms with Crippen molar-refractivity contribution < 1.29 is 4.79 Å². The van der Waals surface area contributed by atoms with Crippen LogP contribution in [0.2, 0.25) is 0 Å². The fourth-order valence-electron chi connectivity index (χ4n) is 1.63. The summed E-state index contributed by atoms with van der Waals surface area (Å²) >= 11 is 0. The molecule has 0 amide bonds. The third kappa shape index (κ3) is 2.09. The van der Waals surface area contributed by atoms with Gasteiger partial charge in [0.15, 0.2) is 0 Å². The van der Waals surface area contributed by atoms with Crippen LogP contribution >= 0.6 is 0 Å². The zero-order chi connectivity index (χ0) is 11.4. The molecule has 16 heavy (non-hydrogen) atoms. The monoisotopic (exact) mass is 213 g/mol. The Bertz CT molecular complexity index is 444. The van der Waals surface area contributed by atoms with Gasteiger partial charge in [0.1, 0.15) is 12.3 Å². The highest BCUT2D eigenvalue weighted by Crippen LogP contribution is 2.10. The van der Waals surface area contributed by atoms with E-state index in [2.05, 4.69) is 11.1 Å². The molecule has 80 valence electrons. The summed E-state index contributed by atoms with van der Waals surface area (Å²) in [5.41, 5.74) is 1.71.